The third-order valence-electron chi connectivity index (χ3n) is 13.2. The van der Waals surface area contributed by atoms with Crippen molar-refractivity contribution in [2.24, 2.45) is 64.6 Å². The largest absolute Gasteiger partial charge is 0.0649 e. The van der Waals surface area contributed by atoms with Crippen LogP contribution in [0.15, 0.2) is 0 Å². The first-order valence-corrected chi connectivity index (χ1v) is 16.8. The van der Waals surface area contributed by atoms with E-state index in [0.29, 0.717) is 5.41 Å². The van der Waals surface area contributed by atoms with Gasteiger partial charge in [0.2, 0.25) is 0 Å². The predicted octanol–water partition coefficient (Wildman–Crippen LogP) is 11.3. The second-order valence-electron chi connectivity index (χ2n) is 15.2. The van der Waals surface area contributed by atoms with Gasteiger partial charge in [0.25, 0.3) is 0 Å². The molecular weight excluding hydrogens is 420 g/mol. The Morgan fingerprint density at radius 2 is 0.857 bits per heavy atom. The monoisotopic (exact) mass is 485 g/mol. The zero-order valence-electron chi connectivity index (χ0n) is 25.0. The minimum absolute atomic E-state index is 0.486. The zero-order valence-corrected chi connectivity index (χ0v) is 25.0. The highest BCUT2D eigenvalue weighted by Gasteiger charge is 2.51. The van der Waals surface area contributed by atoms with E-state index in [-0.39, 0.29) is 0 Å². The average molecular weight is 485 g/mol. The van der Waals surface area contributed by atoms with Gasteiger partial charge in [0.05, 0.1) is 0 Å². The lowest BCUT2D eigenvalue weighted by Gasteiger charge is -2.56. The SMILES string of the molecule is CCC(C)(C)C1C(C(C)C2CCCCC2)CC(C(C)C2CCCCC2)CC1C(C)C1CCCCC1. The standard InChI is InChI=1S/C35H64/c1-7-35(5,6)34-32(26(3)29-19-13-9-14-20-29)23-31(25(2)28-17-11-8-12-18-28)24-33(34)27(4)30-21-15-10-16-22-30/h25-34H,7-24H2,1-6H3. The number of hydrogen-bond donors (Lipinski definition) is 0. The molecule has 0 radical (unpaired) electrons. The van der Waals surface area contributed by atoms with E-state index in [1.54, 1.807) is 12.8 Å². The lowest BCUT2D eigenvalue weighted by molar-refractivity contribution is -0.0761. The average Bonchev–Trinajstić information content (AvgIpc) is 2.92. The molecule has 204 valence electrons. The lowest BCUT2D eigenvalue weighted by Crippen LogP contribution is -2.49. The van der Waals surface area contributed by atoms with Crippen LogP contribution in [0, 0.1) is 64.6 Å². The first-order chi connectivity index (χ1) is 16.8. The molecule has 0 aromatic rings. The Labute approximate surface area is 221 Å². The smallest absolute Gasteiger partial charge is 0.0301 e. The highest BCUT2D eigenvalue weighted by atomic mass is 14.6. The molecule has 0 heteroatoms. The van der Waals surface area contributed by atoms with Gasteiger partial charge < -0.3 is 0 Å². The van der Waals surface area contributed by atoms with Crippen LogP contribution in [0.5, 0.6) is 0 Å². The van der Waals surface area contributed by atoms with Gasteiger partial charge >= 0.3 is 0 Å². The van der Waals surface area contributed by atoms with Gasteiger partial charge in [0, 0.05) is 0 Å². The molecule has 0 aromatic carbocycles. The number of hydrogen-bond acceptors (Lipinski definition) is 0. The van der Waals surface area contributed by atoms with Crippen LogP contribution in [-0.4, -0.2) is 0 Å². The molecule has 0 spiro atoms. The Hall–Kier alpha value is 0. The Morgan fingerprint density at radius 3 is 1.20 bits per heavy atom. The van der Waals surface area contributed by atoms with Gasteiger partial charge in [-0.05, 0) is 77.4 Å². The highest BCUT2D eigenvalue weighted by molar-refractivity contribution is 5.00. The minimum Gasteiger partial charge on any atom is -0.0649 e. The molecule has 4 fully saturated rings. The molecule has 0 bridgehead atoms. The fraction of sp³-hybridized carbons (Fsp3) is 1.00. The van der Waals surface area contributed by atoms with E-state index in [2.05, 4.69) is 41.5 Å². The third-order valence-corrected chi connectivity index (χ3v) is 13.2. The Bertz CT molecular complexity index is 566. The number of rotatable bonds is 8. The van der Waals surface area contributed by atoms with Crippen molar-refractivity contribution >= 4 is 0 Å². The third kappa shape index (κ3) is 6.53. The summed E-state index contributed by atoms with van der Waals surface area (Å²) in [5, 5.41) is 0. The van der Waals surface area contributed by atoms with Crippen molar-refractivity contribution in [1.29, 1.82) is 0 Å². The molecule has 0 saturated heterocycles. The molecule has 4 rings (SSSR count). The summed E-state index contributed by atoms with van der Waals surface area (Å²) in [5.41, 5.74) is 0.486. The quantitative estimate of drug-likeness (QED) is 0.321. The van der Waals surface area contributed by atoms with Gasteiger partial charge in [-0.15, -0.1) is 0 Å². The molecule has 0 nitrogen and oxygen atoms in total. The maximum absolute atomic E-state index is 2.75. The molecule has 4 saturated carbocycles. The topological polar surface area (TPSA) is 0 Å². The van der Waals surface area contributed by atoms with Gasteiger partial charge in [0.1, 0.15) is 0 Å². The molecular formula is C35H64. The normalized spacial score (nSPS) is 35.5. The van der Waals surface area contributed by atoms with E-state index in [9.17, 15) is 0 Å². The molecule has 0 aliphatic heterocycles. The molecule has 0 heterocycles. The lowest BCUT2D eigenvalue weighted by atomic mass is 9.49. The molecule has 5 unspecified atom stereocenters. The summed E-state index contributed by atoms with van der Waals surface area (Å²) in [4.78, 5) is 0. The van der Waals surface area contributed by atoms with E-state index >= 15 is 0 Å². The van der Waals surface area contributed by atoms with Gasteiger partial charge in [-0.1, -0.05) is 144 Å². The molecule has 4 aliphatic rings. The highest BCUT2D eigenvalue weighted by Crippen LogP contribution is 2.58. The van der Waals surface area contributed by atoms with Crippen molar-refractivity contribution in [3.05, 3.63) is 0 Å². The second-order valence-corrected chi connectivity index (χ2v) is 15.2. The summed E-state index contributed by atoms with van der Waals surface area (Å²) in [6.45, 7) is 16.1. The maximum atomic E-state index is 2.75. The maximum Gasteiger partial charge on any atom is -0.0301 e. The van der Waals surface area contributed by atoms with Crippen LogP contribution in [0.4, 0.5) is 0 Å². The van der Waals surface area contributed by atoms with Crippen molar-refractivity contribution < 1.29 is 0 Å². The molecule has 0 amide bonds. The van der Waals surface area contributed by atoms with Crippen LogP contribution < -0.4 is 0 Å². The van der Waals surface area contributed by atoms with E-state index in [1.807, 2.05) is 0 Å². The van der Waals surface area contributed by atoms with Crippen molar-refractivity contribution in [2.75, 3.05) is 0 Å². The van der Waals surface area contributed by atoms with Crippen LogP contribution in [0.2, 0.25) is 0 Å². The summed E-state index contributed by atoms with van der Waals surface area (Å²) in [6, 6.07) is 0. The zero-order chi connectivity index (χ0) is 25.0. The Morgan fingerprint density at radius 1 is 0.514 bits per heavy atom. The second kappa shape index (κ2) is 12.7. The van der Waals surface area contributed by atoms with E-state index in [0.717, 1.165) is 59.2 Å². The van der Waals surface area contributed by atoms with Gasteiger partial charge in [-0.2, -0.15) is 0 Å². The molecule has 35 heavy (non-hydrogen) atoms. The van der Waals surface area contributed by atoms with Crippen LogP contribution in [0.1, 0.15) is 157 Å². The van der Waals surface area contributed by atoms with Crippen LogP contribution >= 0.6 is 0 Å². The summed E-state index contributed by atoms with van der Waals surface area (Å²) in [5.74, 6) is 9.76. The Kier molecular flexibility index (Phi) is 10.2. The van der Waals surface area contributed by atoms with Crippen molar-refractivity contribution in [1.82, 2.24) is 0 Å². The Balaban J connectivity index is 1.64. The molecule has 5 atom stereocenters. The summed E-state index contributed by atoms with van der Waals surface area (Å²) in [7, 11) is 0. The summed E-state index contributed by atoms with van der Waals surface area (Å²) >= 11 is 0. The minimum atomic E-state index is 0.486. The first kappa shape index (κ1) is 28.0. The van der Waals surface area contributed by atoms with Crippen molar-refractivity contribution in [3.8, 4) is 0 Å². The molecule has 0 N–H and O–H groups in total. The van der Waals surface area contributed by atoms with Gasteiger partial charge in [-0.3, -0.25) is 0 Å². The van der Waals surface area contributed by atoms with Gasteiger partial charge in [0.15, 0.2) is 0 Å². The van der Waals surface area contributed by atoms with Gasteiger partial charge in [-0.25, -0.2) is 0 Å². The molecule has 0 aromatic heterocycles. The van der Waals surface area contributed by atoms with E-state index in [1.165, 1.54) is 103 Å². The molecule has 4 aliphatic carbocycles. The van der Waals surface area contributed by atoms with Crippen molar-refractivity contribution in [3.63, 3.8) is 0 Å². The van der Waals surface area contributed by atoms with Crippen molar-refractivity contribution in [2.45, 2.75) is 157 Å². The van der Waals surface area contributed by atoms with Crippen LogP contribution in [-0.2, 0) is 0 Å². The fourth-order valence-electron chi connectivity index (χ4n) is 10.4. The summed E-state index contributed by atoms with van der Waals surface area (Å²) in [6.07, 6.45) is 27.2. The van der Waals surface area contributed by atoms with E-state index < -0.39 is 0 Å². The summed E-state index contributed by atoms with van der Waals surface area (Å²) < 4.78 is 0. The first-order valence-electron chi connectivity index (χ1n) is 16.8. The van der Waals surface area contributed by atoms with Crippen LogP contribution in [0.3, 0.4) is 0 Å². The van der Waals surface area contributed by atoms with Crippen LogP contribution in [0.25, 0.3) is 0 Å². The van der Waals surface area contributed by atoms with E-state index in [4.69, 9.17) is 0 Å². The predicted molar refractivity (Wildman–Crippen MR) is 154 cm³/mol. The fourth-order valence-corrected chi connectivity index (χ4v) is 10.4.